The lowest BCUT2D eigenvalue weighted by atomic mass is 10.2. The molecule has 1 atom stereocenters. The van der Waals surface area contributed by atoms with Crippen molar-refractivity contribution in [2.75, 3.05) is 26.1 Å². The summed E-state index contributed by atoms with van der Waals surface area (Å²) in [5.41, 5.74) is 6.25. The second-order valence-corrected chi connectivity index (χ2v) is 5.32. The number of rotatable bonds is 7. The van der Waals surface area contributed by atoms with Gasteiger partial charge < -0.3 is 25.5 Å². The molecule has 0 aliphatic heterocycles. The summed E-state index contributed by atoms with van der Waals surface area (Å²) in [5.74, 6) is 0.208. The van der Waals surface area contributed by atoms with E-state index < -0.39 is 5.91 Å². The molecule has 0 saturated carbocycles. The third-order valence-electron chi connectivity index (χ3n) is 3.52. The standard InChI is InChI=1S/C16H21N7O3/c1-10(8-24)23-9-19-22-15(23)12-5-4-6-13(20-12)21-16(25)11(7-18-2)14(17)26-3/h4-7,9-10,24H,8,17H2,1-3H3,(H,20,21,25). The molecule has 10 nitrogen and oxygen atoms in total. The first-order valence-electron chi connectivity index (χ1n) is 7.76. The molecule has 0 radical (unpaired) electrons. The number of anilines is 1. The Morgan fingerprint density at radius 3 is 2.96 bits per heavy atom. The van der Waals surface area contributed by atoms with Crippen molar-refractivity contribution in [3.8, 4) is 11.5 Å². The van der Waals surface area contributed by atoms with Crippen LogP contribution < -0.4 is 11.1 Å². The van der Waals surface area contributed by atoms with Crippen molar-refractivity contribution in [1.29, 1.82) is 0 Å². The second kappa shape index (κ2) is 8.72. The predicted molar refractivity (Wildman–Crippen MR) is 96.3 cm³/mol. The average molecular weight is 359 g/mol. The number of nitrogens with one attached hydrogen (secondary N) is 1. The van der Waals surface area contributed by atoms with Gasteiger partial charge in [0.2, 0.25) is 0 Å². The summed E-state index contributed by atoms with van der Waals surface area (Å²) in [5, 5.41) is 19.9. The van der Waals surface area contributed by atoms with Gasteiger partial charge in [0.05, 0.1) is 19.8 Å². The van der Waals surface area contributed by atoms with E-state index in [-0.39, 0.29) is 24.1 Å². The number of methoxy groups -OCH3 is 1. The van der Waals surface area contributed by atoms with Gasteiger partial charge in [-0.1, -0.05) is 6.07 Å². The monoisotopic (exact) mass is 359 g/mol. The third kappa shape index (κ3) is 4.22. The van der Waals surface area contributed by atoms with E-state index in [4.69, 9.17) is 10.5 Å². The summed E-state index contributed by atoms with van der Waals surface area (Å²) in [6, 6.07) is 4.87. The Hall–Kier alpha value is -3.27. The highest BCUT2D eigenvalue weighted by atomic mass is 16.5. The number of nitrogens with two attached hydrogens (primary N) is 1. The van der Waals surface area contributed by atoms with Gasteiger partial charge in [0.1, 0.15) is 23.4 Å². The number of ether oxygens (including phenoxy) is 1. The lowest BCUT2D eigenvalue weighted by Crippen LogP contribution is -2.21. The Bertz CT molecular complexity index is 829. The van der Waals surface area contributed by atoms with Gasteiger partial charge in [0, 0.05) is 13.3 Å². The molecule has 1 unspecified atom stereocenters. The van der Waals surface area contributed by atoms with Crippen LogP contribution in [0, 0.1) is 0 Å². The summed E-state index contributed by atoms with van der Waals surface area (Å²) in [7, 11) is 2.88. The normalized spacial score (nSPS) is 13.4. The van der Waals surface area contributed by atoms with Crippen molar-refractivity contribution in [2.45, 2.75) is 13.0 Å². The fourth-order valence-corrected chi connectivity index (χ4v) is 2.12. The number of pyridine rings is 1. The van der Waals surface area contributed by atoms with Crippen LogP contribution in [0.1, 0.15) is 13.0 Å². The van der Waals surface area contributed by atoms with E-state index in [0.717, 1.165) is 0 Å². The van der Waals surface area contributed by atoms with Gasteiger partial charge in [-0.15, -0.1) is 10.2 Å². The molecule has 0 aliphatic carbocycles. The Morgan fingerprint density at radius 2 is 2.31 bits per heavy atom. The number of amides is 1. The SMILES string of the molecule is CN=CC(C(=O)Nc1cccc(-c2nncn2C(C)CO)n1)=C(N)OC. The zero-order valence-corrected chi connectivity index (χ0v) is 14.7. The number of hydrogen-bond acceptors (Lipinski definition) is 8. The van der Waals surface area contributed by atoms with Gasteiger partial charge >= 0.3 is 0 Å². The van der Waals surface area contributed by atoms with Crippen molar-refractivity contribution < 1.29 is 14.6 Å². The molecule has 2 rings (SSSR count). The maximum absolute atomic E-state index is 12.4. The fourth-order valence-electron chi connectivity index (χ4n) is 2.12. The summed E-state index contributed by atoms with van der Waals surface area (Å²) < 4.78 is 6.60. The van der Waals surface area contributed by atoms with Gasteiger partial charge in [-0.3, -0.25) is 9.79 Å². The minimum Gasteiger partial charge on any atom is -0.482 e. The van der Waals surface area contributed by atoms with E-state index >= 15 is 0 Å². The quantitative estimate of drug-likeness (QED) is 0.368. The lowest BCUT2D eigenvalue weighted by Gasteiger charge is -2.12. The van der Waals surface area contributed by atoms with Crippen LogP contribution in [0.25, 0.3) is 11.5 Å². The number of hydrogen-bond donors (Lipinski definition) is 3. The van der Waals surface area contributed by atoms with Gasteiger partial charge in [-0.25, -0.2) is 4.98 Å². The molecule has 26 heavy (non-hydrogen) atoms. The number of aromatic nitrogens is 4. The molecule has 0 fully saturated rings. The molecule has 138 valence electrons. The minimum absolute atomic E-state index is 0.0548. The van der Waals surface area contributed by atoms with Gasteiger partial charge in [-0.2, -0.15) is 0 Å². The van der Waals surface area contributed by atoms with Crippen LogP contribution >= 0.6 is 0 Å². The number of aliphatic hydroxyl groups is 1. The molecule has 0 spiro atoms. The lowest BCUT2D eigenvalue weighted by molar-refractivity contribution is -0.112. The van der Waals surface area contributed by atoms with Gasteiger partial charge in [0.25, 0.3) is 5.91 Å². The first-order valence-corrected chi connectivity index (χ1v) is 7.76. The molecule has 0 bridgehead atoms. The molecule has 2 aromatic heterocycles. The van der Waals surface area contributed by atoms with Crippen molar-refractivity contribution in [1.82, 2.24) is 19.7 Å². The largest absolute Gasteiger partial charge is 0.482 e. The van der Waals surface area contributed by atoms with Crippen LogP contribution in [0.5, 0.6) is 0 Å². The molecule has 10 heteroatoms. The van der Waals surface area contributed by atoms with Crippen molar-refractivity contribution in [3.05, 3.63) is 36.0 Å². The van der Waals surface area contributed by atoms with Crippen LogP contribution in [0.3, 0.4) is 0 Å². The van der Waals surface area contributed by atoms with E-state index in [1.54, 1.807) is 22.8 Å². The summed E-state index contributed by atoms with van der Waals surface area (Å²) in [6.07, 6.45) is 2.82. The zero-order valence-electron chi connectivity index (χ0n) is 14.7. The second-order valence-electron chi connectivity index (χ2n) is 5.32. The molecule has 4 N–H and O–H groups in total. The number of aliphatic imine (C=N–C) groups is 1. The van der Waals surface area contributed by atoms with Gasteiger partial charge in [-0.05, 0) is 19.1 Å². The van der Waals surface area contributed by atoms with Gasteiger partial charge in [0.15, 0.2) is 11.7 Å². The Labute approximate surface area is 150 Å². The van der Waals surface area contributed by atoms with Crippen molar-refractivity contribution in [3.63, 3.8) is 0 Å². The topological polar surface area (TPSA) is 141 Å². The minimum atomic E-state index is -0.509. The zero-order chi connectivity index (χ0) is 19.1. The molecule has 0 aromatic carbocycles. The van der Waals surface area contributed by atoms with E-state index in [1.165, 1.54) is 26.7 Å². The number of nitrogens with zero attached hydrogens (tertiary/aromatic N) is 5. The average Bonchev–Trinajstić information content (AvgIpc) is 3.14. The maximum Gasteiger partial charge on any atom is 0.263 e. The Morgan fingerprint density at radius 1 is 1.54 bits per heavy atom. The maximum atomic E-state index is 12.4. The Kier molecular flexibility index (Phi) is 6.39. The van der Waals surface area contributed by atoms with E-state index in [0.29, 0.717) is 17.3 Å². The van der Waals surface area contributed by atoms with Crippen molar-refractivity contribution in [2.24, 2.45) is 10.7 Å². The Balaban J connectivity index is 2.30. The third-order valence-corrected chi connectivity index (χ3v) is 3.52. The highest BCUT2D eigenvalue weighted by molar-refractivity contribution is 6.17. The van der Waals surface area contributed by atoms with Crippen molar-refractivity contribution >= 4 is 17.9 Å². The first-order chi connectivity index (χ1) is 12.5. The van der Waals surface area contributed by atoms with Crippen LogP contribution in [-0.2, 0) is 9.53 Å². The summed E-state index contributed by atoms with van der Waals surface area (Å²) >= 11 is 0. The molecular formula is C16H21N7O3. The first kappa shape index (κ1) is 19.1. The molecule has 0 aliphatic rings. The van der Waals surface area contributed by atoms with Crippen LogP contribution in [0.4, 0.5) is 5.82 Å². The van der Waals surface area contributed by atoms with E-state index in [2.05, 4.69) is 25.5 Å². The molecule has 0 saturated heterocycles. The summed E-state index contributed by atoms with van der Waals surface area (Å²) in [6.45, 7) is 1.76. The van der Waals surface area contributed by atoms with Crippen LogP contribution in [0.2, 0.25) is 0 Å². The summed E-state index contributed by atoms with van der Waals surface area (Å²) in [4.78, 5) is 20.6. The molecule has 1 amide bonds. The molecule has 2 heterocycles. The highest BCUT2D eigenvalue weighted by Crippen LogP contribution is 2.20. The van der Waals surface area contributed by atoms with Crippen LogP contribution in [0.15, 0.2) is 41.0 Å². The fraction of sp³-hybridized carbons (Fsp3) is 0.312. The molecule has 2 aromatic rings. The number of aliphatic hydroxyl groups excluding tert-OH is 1. The number of carbonyl (C=O) groups is 1. The molecular weight excluding hydrogens is 338 g/mol. The highest BCUT2D eigenvalue weighted by Gasteiger charge is 2.16. The van der Waals surface area contributed by atoms with E-state index in [9.17, 15) is 9.90 Å². The predicted octanol–water partition coefficient (Wildman–Crippen LogP) is 0.349. The van der Waals surface area contributed by atoms with E-state index in [1.807, 2.05) is 6.92 Å². The number of carbonyl (C=O) groups excluding carboxylic acids is 1. The smallest absolute Gasteiger partial charge is 0.263 e. The van der Waals surface area contributed by atoms with Crippen LogP contribution in [-0.4, -0.2) is 57.7 Å².